The van der Waals surface area contributed by atoms with Crippen LogP contribution in [0, 0.1) is 0 Å². The Morgan fingerprint density at radius 1 is 0.629 bits per heavy atom. The predicted molar refractivity (Wildman–Crippen MR) is 143 cm³/mol. The lowest BCUT2D eigenvalue weighted by Crippen LogP contribution is -2.28. The summed E-state index contributed by atoms with van der Waals surface area (Å²) in [6, 6.07) is 39.4. The van der Waals surface area contributed by atoms with Crippen molar-refractivity contribution in [2.45, 2.75) is 25.5 Å². The lowest BCUT2D eigenvalue weighted by molar-refractivity contribution is 0.183. The van der Waals surface area contributed by atoms with Gasteiger partial charge >= 0.3 is 7.60 Å². The third kappa shape index (κ3) is 7.88. The third-order valence-electron chi connectivity index (χ3n) is 5.48. The molecule has 1 atom stereocenters. The molecule has 0 spiro atoms. The van der Waals surface area contributed by atoms with Crippen molar-refractivity contribution in [3.8, 4) is 0 Å². The topological polar surface area (TPSA) is 47.6 Å². The highest BCUT2D eigenvalue weighted by Gasteiger charge is 2.34. The maximum absolute atomic E-state index is 14.3. The van der Waals surface area contributed by atoms with Crippen molar-refractivity contribution < 1.29 is 13.6 Å². The van der Waals surface area contributed by atoms with Crippen LogP contribution in [0.15, 0.2) is 127 Å². The minimum absolute atomic E-state index is 0.190. The van der Waals surface area contributed by atoms with Gasteiger partial charge in [0.15, 0.2) is 0 Å². The fraction of sp³-hybridized carbons (Fsp3) is 0.133. The summed E-state index contributed by atoms with van der Waals surface area (Å²) in [4.78, 5) is 0. The van der Waals surface area contributed by atoms with Crippen molar-refractivity contribution in [2.24, 2.45) is 0 Å². The molecule has 1 unspecified atom stereocenters. The highest BCUT2D eigenvalue weighted by Crippen LogP contribution is 2.54. The minimum atomic E-state index is -3.63. The van der Waals surface area contributed by atoms with Gasteiger partial charge in [-0.1, -0.05) is 133 Å². The Morgan fingerprint density at radius 3 is 1.54 bits per heavy atom. The molecule has 35 heavy (non-hydrogen) atoms. The monoisotopic (exact) mass is 483 g/mol. The summed E-state index contributed by atoms with van der Waals surface area (Å²) in [6.07, 6.45) is 3.84. The molecule has 178 valence electrons. The van der Waals surface area contributed by atoms with Crippen LogP contribution in [0.2, 0.25) is 0 Å². The highest BCUT2D eigenvalue weighted by atomic mass is 31.2. The van der Waals surface area contributed by atoms with E-state index >= 15 is 0 Å². The second kappa shape index (κ2) is 13.0. The molecule has 4 aromatic carbocycles. The Balaban J connectivity index is 1.60. The molecule has 0 aromatic heterocycles. The summed E-state index contributed by atoms with van der Waals surface area (Å²) in [7, 11) is -3.63. The van der Waals surface area contributed by atoms with Crippen LogP contribution >= 0.6 is 7.60 Å². The first-order chi connectivity index (χ1) is 17.2. The van der Waals surface area contributed by atoms with Crippen LogP contribution in [0.4, 0.5) is 0 Å². The van der Waals surface area contributed by atoms with Gasteiger partial charge in [-0.3, -0.25) is 9.88 Å². The van der Waals surface area contributed by atoms with E-state index in [0.717, 1.165) is 22.3 Å². The maximum atomic E-state index is 14.3. The zero-order valence-corrected chi connectivity index (χ0v) is 20.5. The number of hydrogen-bond acceptors (Lipinski definition) is 4. The molecule has 0 aliphatic rings. The summed E-state index contributed by atoms with van der Waals surface area (Å²) >= 11 is 0. The summed E-state index contributed by atoms with van der Waals surface area (Å²) in [6.45, 7) is 0.906. The SMILES string of the molecule is O=P(OCc1ccccc1)(OCc1ccccc1)C(/C=C/c1ccccc1)NCc1ccccc1. The van der Waals surface area contributed by atoms with Crippen LogP contribution in [-0.4, -0.2) is 5.78 Å². The Kier molecular flexibility index (Phi) is 9.22. The van der Waals surface area contributed by atoms with E-state index < -0.39 is 13.4 Å². The lowest BCUT2D eigenvalue weighted by Gasteiger charge is -2.26. The van der Waals surface area contributed by atoms with Gasteiger partial charge in [0, 0.05) is 6.54 Å². The molecule has 0 aliphatic carbocycles. The van der Waals surface area contributed by atoms with E-state index in [4.69, 9.17) is 9.05 Å². The number of benzene rings is 4. The molecule has 4 rings (SSSR count). The van der Waals surface area contributed by atoms with Gasteiger partial charge in [0.1, 0.15) is 5.78 Å². The molecule has 0 amide bonds. The molecule has 0 fully saturated rings. The first-order valence-electron chi connectivity index (χ1n) is 11.7. The van der Waals surface area contributed by atoms with Crippen LogP contribution in [-0.2, 0) is 33.4 Å². The molecule has 0 aliphatic heterocycles. The molecule has 0 heterocycles. The van der Waals surface area contributed by atoms with Gasteiger partial charge in [0.25, 0.3) is 0 Å². The Bertz CT molecular complexity index is 1170. The predicted octanol–water partition coefficient (Wildman–Crippen LogP) is 7.44. The van der Waals surface area contributed by atoms with Crippen molar-refractivity contribution in [1.29, 1.82) is 0 Å². The molecule has 0 saturated heterocycles. The Labute approximate surface area is 207 Å². The van der Waals surface area contributed by atoms with E-state index in [1.54, 1.807) is 0 Å². The van der Waals surface area contributed by atoms with Crippen LogP contribution in [0.3, 0.4) is 0 Å². The van der Waals surface area contributed by atoms with Crippen molar-refractivity contribution >= 4 is 13.7 Å². The van der Waals surface area contributed by atoms with E-state index in [1.165, 1.54) is 0 Å². The number of nitrogens with one attached hydrogen (secondary N) is 1. The first kappa shape index (κ1) is 24.8. The van der Waals surface area contributed by atoms with E-state index in [0.29, 0.717) is 6.54 Å². The van der Waals surface area contributed by atoms with Crippen LogP contribution in [0.5, 0.6) is 0 Å². The second-order valence-electron chi connectivity index (χ2n) is 8.14. The third-order valence-corrected chi connectivity index (χ3v) is 7.49. The maximum Gasteiger partial charge on any atom is 0.352 e. The normalized spacial score (nSPS) is 12.6. The zero-order valence-electron chi connectivity index (χ0n) is 19.6. The molecule has 0 saturated carbocycles. The van der Waals surface area contributed by atoms with Gasteiger partial charge in [-0.05, 0) is 22.3 Å². The number of hydrogen-bond donors (Lipinski definition) is 1. The molecule has 4 nitrogen and oxygen atoms in total. The Morgan fingerprint density at radius 2 is 1.06 bits per heavy atom. The average Bonchev–Trinajstić information content (AvgIpc) is 2.93. The lowest BCUT2D eigenvalue weighted by atomic mass is 10.2. The van der Waals surface area contributed by atoms with Gasteiger partial charge in [-0.25, -0.2) is 0 Å². The van der Waals surface area contributed by atoms with Crippen molar-refractivity contribution in [1.82, 2.24) is 5.32 Å². The molecule has 4 aromatic rings. The first-order valence-corrected chi connectivity index (χ1v) is 13.3. The summed E-state index contributed by atoms with van der Waals surface area (Å²) in [5.41, 5.74) is 3.97. The van der Waals surface area contributed by atoms with E-state index in [-0.39, 0.29) is 13.2 Å². The van der Waals surface area contributed by atoms with Gasteiger partial charge in [-0.15, -0.1) is 0 Å². The fourth-order valence-corrected chi connectivity index (χ4v) is 5.21. The van der Waals surface area contributed by atoms with E-state index in [9.17, 15) is 4.57 Å². The molecule has 0 radical (unpaired) electrons. The Hall–Kier alpha value is -3.27. The molecular formula is C30H30NO3P. The fourth-order valence-electron chi connectivity index (χ4n) is 3.55. The van der Waals surface area contributed by atoms with Crippen molar-refractivity contribution in [3.05, 3.63) is 150 Å². The van der Waals surface area contributed by atoms with Crippen LogP contribution in [0.1, 0.15) is 22.3 Å². The second-order valence-corrected chi connectivity index (χ2v) is 10.3. The smallest absolute Gasteiger partial charge is 0.302 e. The van der Waals surface area contributed by atoms with E-state index in [1.807, 2.05) is 133 Å². The highest BCUT2D eigenvalue weighted by molar-refractivity contribution is 7.54. The van der Waals surface area contributed by atoms with Gasteiger partial charge < -0.3 is 9.05 Å². The van der Waals surface area contributed by atoms with Crippen molar-refractivity contribution in [2.75, 3.05) is 0 Å². The molecule has 1 N–H and O–H groups in total. The molecule has 0 bridgehead atoms. The standard InChI is InChI=1S/C30H30NO3P/c32-35(33-24-28-17-9-3-10-18-28,34-25-29-19-11-4-12-20-29)30(22-21-26-13-5-1-6-14-26)31-23-27-15-7-2-8-16-27/h1-22,30-31H,23-25H2/b22-21+. The molecular weight excluding hydrogens is 453 g/mol. The summed E-state index contributed by atoms with van der Waals surface area (Å²) in [5, 5.41) is 3.42. The van der Waals surface area contributed by atoms with Gasteiger partial charge in [-0.2, -0.15) is 0 Å². The zero-order chi connectivity index (χ0) is 24.2. The summed E-state index contributed by atoms with van der Waals surface area (Å²) in [5.74, 6) is -0.643. The van der Waals surface area contributed by atoms with Gasteiger partial charge in [0.05, 0.1) is 13.2 Å². The van der Waals surface area contributed by atoms with Crippen LogP contribution in [0.25, 0.3) is 6.08 Å². The van der Waals surface area contributed by atoms with Crippen molar-refractivity contribution in [3.63, 3.8) is 0 Å². The average molecular weight is 484 g/mol. The van der Waals surface area contributed by atoms with Crippen LogP contribution < -0.4 is 5.32 Å². The minimum Gasteiger partial charge on any atom is -0.302 e. The largest absolute Gasteiger partial charge is 0.352 e. The van der Waals surface area contributed by atoms with E-state index in [2.05, 4.69) is 5.32 Å². The number of rotatable bonds is 12. The van der Waals surface area contributed by atoms with Gasteiger partial charge in [0.2, 0.25) is 0 Å². The summed E-state index contributed by atoms with van der Waals surface area (Å²) < 4.78 is 26.5. The molecule has 5 heteroatoms. The quantitative estimate of drug-likeness (QED) is 0.213.